The average molecular weight is 390 g/mol. The van der Waals surface area contributed by atoms with Gasteiger partial charge >= 0.3 is 0 Å². The molecule has 0 saturated heterocycles. The van der Waals surface area contributed by atoms with E-state index in [0.717, 1.165) is 30.0 Å². The van der Waals surface area contributed by atoms with Crippen molar-refractivity contribution in [2.75, 3.05) is 5.73 Å². The van der Waals surface area contributed by atoms with E-state index in [1.54, 1.807) is 18.5 Å². The highest BCUT2D eigenvalue weighted by molar-refractivity contribution is 5.97. The molecule has 0 saturated carbocycles. The first kappa shape index (κ1) is 18.9. The molecule has 4 aromatic rings. The van der Waals surface area contributed by atoms with Crippen molar-refractivity contribution in [3.05, 3.63) is 72.1 Å². The molecule has 146 valence electrons. The van der Waals surface area contributed by atoms with Gasteiger partial charge in [-0.25, -0.2) is 18.7 Å². The number of aryl methyl sites for hydroxylation is 1. The standard InChI is InChI=1S/C23H20F2N4/c1-2-3-6-18-16(17-8-7-15(24)12-19(17)25)9-10-20-21(18)22(26)29-23(28-20)14-5-4-11-27-13-14/h4-5,7-13H,2-3,6H2,1H3,(H2,26,28,29). The van der Waals surface area contributed by atoms with Gasteiger partial charge in [0.2, 0.25) is 0 Å². The molecule has 0 aliphatic heterocycles. The predicted octanol–water partition coefficient (Wildman–Crippen LogP) is 5.56. The molecular formula is C23H20F2N4. The Morgan fingerprint density at radius 2 is 1.83 bits per heavy atom. The quantitative estimate of drug-likeness (QED) is 0.484. The molecule has 0 unspecified atom stereocenters. The minimum Gasteiger partial charge on any atom is -0.383 e. The lowest BCUT2D eigenvalue weighted by atomic mass is 9.92. The van der Waals surface area contributed by atoms with E-state index in [-0.39, 0.29) is 0 Å². The number of pyridine rings is 1. The number of hydrogen-bond donors (Lipinski definition) is 1. The van der Waals surface area contributed by atoms with Crippen LogP contribution in [-0.4, -0.2) is 15.0 Å². The predicted molar refractivity (Wildman–Crippen MR) is 111 cm³/mol. The normalized spacial score (nSPS) is 11.1. The summed E-state index contributed by atoms with van der Waals surface area (Å²) < 4.78 is 27.9. The van der Waals surface area contributed by atoms with Crippen molar-refractivity contribution in [1.29, 1.82) is 0 Å². The molecule has 0 radical (unpaired) electrons. The van der Waals surface area contributed by atoms with Crippen LogP contribution in [-0.2, 0) is 6.42 Å². The fourth-order valence-corrected chi connectivity index (χ4v) is 3.52. The number of benzene rings is 2. The van der Waals surface area contributed by atoms with E-state index < -0.39 is 11.6 Å². The molecule has 0 fully saturated rings. The summed E-state index contributed by atoms with van der Waals surface area (Å²) in [6.45, 7) is 2.09. The molecule has 2 heterocycles. The molecule has 0 spiro atoms. The summed E-state index contributed by atoms with van der Waals surface area (Å²) in [5.74, 6) is -0.380. The van der Waals surface area contributed by atoms with Crippen molar-refractivity contribution in [3.8, 4) is 22.5 Å². The second-order valence-corrected chi connectivity index (χ2v) is 6.89. The number of unbranched alkanes of at least 4 members (excludes halogenated alkanes) is 1. The second-order valence-electron chi connectivity index (χ2n) is 6.89. The van der Waals surface area contributed by atoms with E-state index in [0.29, 0.717) is 40.1 Å². The molecule has 0 aliphatic rings. The Labute approximate surface area is 167 Å². The van der Waals surface area contributed by atoms with Crippen LogP contribution in [0, 0.1) is 11.6 Å². The molecule has 29 heavy (non-hydrogen) atoms. The van der Waals surface area contributed by atoms with Crippen molar-refractivity contribution >= 4 is 16.7 Å². The number of halogens is 2. The summed E-state index contributed by atoms with van der Waals surface area (Å²) in [6.07, 6.45) is 5.93. The van der Waals surface area contributed by atoms with E-state index in [2.05, 4.69) is 21.9 Å². The maximum absolute atomic E-state index is 14.5. The van der Waals surface area contributed by atoms with Crippen molar-refractivity contribution in [2.24, 2.45) is 0 Å². The monoisotopic (exact) mass is 390 g/mol. The van der Waals surface area contributed by atoms with Crippen LogP contribution < -0.4 is 5.73 Å². The largest absolute Gasteiger partial charge is 0.383 e. The summed E-state index contributed by atoms with van der Waals surface area (Å²) >= 11 is 0. The molecule has 0 bridgehead atoms. The smallest absolute Gasteiger partial charge is 0.163 e. The third kappa shape index (κ3) is 3.66. The van der Waals surface area contributed by atoms with Crippen LogP contribution in [0.2, 0.25) is 0 Å². The zero-order valence-corrected chi connectivity index (χ0v) is 16.0. The fraction of sp³-hybridized carbons (Fsp3) is 0.174. The lowest BCUT2D eigenvalue weighted by Crippen LogP contribution is -2.03. The maximum atomic E-state index is 14.5. The number of nitrogens with zero attached hydrogens (tertiary/aromatic N) is 3. The van der Waals surface area contributed by atoms with Crippen molar-refractivity contribution in [3.63, 3.8) is 0 Å². The van der Waals surface area contributed by atoms with Crippen molar-refractivity contribution < 1.29 is 8.78 Å². The molecule has 2 aromatic carbocycles. The third-order valence-corrected chi connectivity index (χ3v) is 4.92. The highest BCUT2D eigenvalue weighted by atomic mass is 19.1. The van der Waals surface area contributed by atoms with E-state index in [1.807, 2.05) is 18.2 Å². The highest BCUT2D eigenvalue weighted by Crippen LogP contribution is 2.35. The first-order valence-corrected chi connectivity index (χ1v) is 9.53. The summed E-state index contributed by atoms with van der Waals surface area (Å²) in [5.41, 5.74) is 9.72. The maximum Gasteiger partial charge on any atom is 0.163 e. The summed E-state index contributed by atoms with van der Waals surface area (Å²) in [5, 5.41) is 0.715. The van der Waals surface area contributed by atoms with E-state index in [1.165, 1.54) is 12.1 Å². The van der Waals surface area contributed by atoms with Gasteiger partial charge in [-0.15, -0.1) is 0 Å². The number of hydrogen-bond acceptors (Lipinski definition) is 4. The van der Waals surface area contributed by atoms with E-state index in [4.69, 9.17) is 5.73 Å². The zero-order chi connectivity index (χ0) is 20.4. The van der Waals surface area contributed by atoms with Crippen molar-refractivity contribution in [2.45, 2.75) is 26.2 Å². The van der Waals surface area contributed by atoms with Gasteiger partial charge in [-0.1, -0.05) is 19.4 Å². The molecule has 0 aliphatic carbocycles. The van der Waals surface area contributed by atoms with Crippen LogP contribution in [0.3, 0.4) is 0 Å². The van der Waals surface area contributed by atoms with Crippen LogP contribution in [0.1, 0.15) is 25.3 Å². The Morgan fingerprint density at radius 1 is 1.00 bits per heavy atom. The first-order valence-electron chi connectivity index (χ1n) is 9.53. The number of nitrogens with two attached hydrogens (primary N) is 1. The molecule has 4 rings (SSSR count). The number of nitrogen functional groups attached to an aromatic ring is 1. The van der Waals surface area contributed by atoms with Crippen LogP contribution in [0.15, 0.2) is 54.9 Å². The van der Waals surface area contributed by atoms with Gasteiger partial charge in [-0.05, 0) is 54.3 Å². The lowest BCUT2D eigenvalue weighted by Gasteiger charge is -2.15. The topological polar surface area (TPSA) is 64.7 Å². The molecule has 0 atom stereocenters. The molecular weight excluding hydrogens is 370 g/mol. The molecule has 6 heteroatoms. The van der Waals surface area contributed by atoms with Crippen molar-refractivity contribution in [1.82, 2.24) is 15.0 Å². The van der Waals surface area contributed by atoms with Crippen LogP contribution >= 0.6 is 0 Å². The van der Waals surface area contributed by atoms with Gasteiger partial charge in [0.05, 0.1) is 5.52 Å². The fourth-order valence-electron chi connectivity index (χ4n) is 3.52. The zero-order valence-electron chi connectivity index (χ0n) is 16.0. The van der Waals surface area contributed by atoms with Gasteiger partial charge in [0.1, 0.15) is 17.5 Å². The molecule has 0 amide bonds. The average Bonchev–Trinajstić information content (AvgIpc) is 2.72. The minimum absolute atomic E-state index is 0.337. The highest BCUT2D eigenvalue weighted by Gasteiger charge is 2.17. The summed E-state index contributed by atoms with van der Waals surface area (Å²) in [6, 6.07) is 10.9. The molecule has 2 aromatic heterocycles. The lowest BCUT2D eigenvalue weighted by molar-refractivity contribution is 0.585. The van der Waals surface area contributed by atoms with Gasteiger partial charge in [0.25, 0.3) is 0 Å². The Bertz CT molecular complexity index is 1180. The number of rotatable bonds is 5. The third-order valence-electron chi connectivity index (χ3n) is 4.92. The summed E-state index contributed by atoms with van der Waals surface area (Å²) in [4.78, 5) is 13.3. The number of fused-ring (bicyclic) bond motifs is 1. The van der Waals surface area contributed by atoms with E-state index >= 15 is 0 Å². The van der Waals surface area contributed by atoms with Gasteiger partial charge in [0, 0.05) is 35.0 Å². The second kappa shape index (κ2) is 7.91. The van der Waals surface area contributed by atoms with Crippen LogP contribution in [0.5, 0.6) is 0 Å². The van der Waals surface area contributed by atoms with Gasteiger partial charge < -0.3 is 5.73 Å². The van der Waals surface area contributed by atoms with Gasteiger partial charge in [0.15, 0.2) is 5.82 Å². The number of anilines is 1. The molecule has 4 nitrogen and oxygen atoms in total. The Hall–Kier alpha value is -3.41. The Kier molecular flexibility index (Phi) is 5.16. The minimum atomic E-state index is -0.605. The van der Waals surface area contributed by atoms with Crippen LogP contribution in [0.25, 0.3) is 33.4 Å². The SMILES string of the molecule is CCCCc1c(-c2ccc(F)cc2F)ccc2nc(-c3cccnc3)nc(N)c12. The molecule has 2 N–H and O–H groups in total. The first-order chi connectivity index (χ1) is 14.1. The van der Waals surface area contributed by atoms with Gasteiger partial charge in [-0.3, -0.25) is 4.98 Å². The van der Waals surface area contributed by atoms with Gasteiger partial charge in [-0.2, -0.15) is 0 Å². The Morgan fingerprint density at radius 3 is 2.55 bits per heavy atom. The number of aromatic nitrogens is 3. The van der Waals surface area contributed by atoms with E-state index in [9.17, 15) is 8.78 Å². The Balaban J connectivity index is 1.95. The summed E-state index contributed by atoms with van der Waals surface area (Å²) in [7, 11) is 0. The van der Waals surface area contributed by atoms with Crippen LogP contribution in [0.4, 0.5) is 14.6 Å².